The van der Waals surface area contributed by atoms with Crippen LogP contribution in [0, 0.1) is 27.7 Å². The van der Waals surface area contributed by atoms with E-state index in [1.54, 1.807) is 19.2 Å². The van der Waals surface area contributed by atoms with Gasteiger partial charge in [-0.3, -0.25) is 4.79 Å². The molecule has 0 aliphatic heterocycles. The number of carbonyl (C=O) groups excluding carboxylic acids is 2. The zero-order chi connectivity index (χ0) is 51.6. The molecular formula is C67H58N2O5. The van der Waals surface area contributed by atoms with E-state index >= 15 is 0 Å². The van der Waals surface area contributed by atoms with E-state index in [4.69, 9.17) is 14.2 Å². The first-order chi connectivity index (χ1) is 36.0. The molecule has 0 aromatic heterocycles. The minimum absolute atomic E-state index is 0.345. The predicted octanol–water partition coefficient (Wildman–Crippen LogP) is 16.5. The average Bonchev–Trinajstić information content (AvgIpc) is 3.42. The van der Waals surface area contributed by atoms with E-state index in [1.807, 2.05) is 24.3 Å². The lowest BCUT2D eigenvalue weighted by Crippen LogP contribution is -2.17. The molecule has 0 spiro atoms. The minimum Gasteiger partial charge on any atom is -0.497 e. The van der Waals surface area contributed by atoms with Crippen LogP contribution in [0.5, 0.6) is 11.5 Å². The van der Waals surface area contributed by atoms with Crippen molar-refractivity contribution in [2.75, 3.05) is 23.5 Å². The summed E-state index contributed by atoms with van der Waals surface area (Å²) < 4.78 is 15.9. The maximum atomic E-state index is 12.5. The SMILES string of the molecule is COc1ccc(C(=Cc2ccc(N(c3ccc(C)cc3)c3ccc(C)cc3)cc2)c2ccc(C(=Cc3ccc(N(c4ccc(C)cc4)c4ccc(C)cc4)cc3)c3ccc(OC(=O)COC(C)=O)cc3)cc2)cc1. The van der Waals surface area contributed by atoms with Crippen LogP contribution in [0.1, 0.15) is 62.6 Å². The fraction of sp³-hybridized carbons (Fsp3) is 0.104. The Labute approximate surface area is 434 Å². The van der Waals surface area contributed by atoms with Crippen LogP contribution in [0.3, 0.4) is 0 Å². The molecule has 0 aliphatic carbocycles. The Hall–Kier alpha value is -9.20. The van der Waals surface area contributed by atoms with Crippen molar-refractivity contribution in [3.05, 3.63) is 274 Å². The summed E-state index contributed by atoms with van der Waals surface area (Å²) in [6, 6.07) is 75.9. The highest BCUT2D eigenvalue weighted by molar-refractivity contribution is 5.95. The van der Waals surface area contributed by atoms with Crippen LogP contribution in [0.15, 0.2) is 218 Å². The van der Waals surface area contributed by atoms with E-state index in [2.05, 4.69) is 232 Å². The van der Waals surface area contributed by atoms with E-state index in [0.717, 1.165) is 84.4 Å². The third kappa shape index (κ3) is 12.3. The maximum absolute atomic E-state index is 12.5. The van der Waals surface area contributed by atoms with Crippen molar-refractivity contribution >= 4 is 69.4 Å². The van der Waals surface area contributed by atoms with Gasteiger partial charge in [0.15, 0.2) is 6.61 Å². The molecule has 9 rings (SSSR count). The number of esters is 2. The number of aryl methyl sites for hydroxylation is 4. The van der Waals surface area contributed by atoms with E-state index in [9.17, 15) is 9.59 Å². The summed E-state index contributed by atoms with van der Waals surface area (Å²) in [5.74, 6) is -0.0823. The van der Waals surface area contributed by atoms with Gasteiger partial charge in [0, 0.05) is 41.0 Å². The first-order valence-electron chi connectivity index (χ1n) is 24.7. The van der Waals surface area contributed by atoms with Crippen molar-refractivity contribution in [3.8, 4) is 11.5 Å². The van der Waals surface area contributed by atoms with Crippen LogP contribution in [-0.4, -0.2) is 25.7 Å². The number of carbonyl (C=O) groups is 2. The van der Waals surface area contributed by atoms with Gasteiger partial charge in [0.05, 0.1) is 7.11 Å². The highest BCUT2D eigenvalue weighted by Gasteiger charge is 2.17. The van der Waals surface area contributed by atoms with Gasteiger partial charge in [-0.1, -0.05) is 144 Å². The normalized spacial score (nSPS) is 11.4. The summed E-state index contributed by atoms with van der Waals surface area (Å²) in [7, 11) is 1.68. The molecular weight excluding hydrogens is 913 g/mol. The Morgan fingerprint density at radius 2 is 0.649 bits per heavy atom. The molecule has 0 saturated carbocycles. The van der Waals surface area contributed by atoms with Crippen LogP contribution in [0.2, 0.25) is 0 Å². The van der Waals surface area contributed by atoms with Crippen molar-refractivity contribution in [1.82, 2.24) is 0 Å². The monoisotopic (exact) mass is 970 g/mol. The number of anilines is 6. The summed E-state index contributed by atoms with van der Waals surface area (Å²) >= 11 is 0. The Morgan fingerprint density at radius 3 is 0.932 bits per heavy atom. The van der Waals surface area contributed by atoms with Crippen molar-refractivity contribution in [1.29, 1.82) is 0 Å². The molecule has 366 valence electrons. The molecule has 0 atom stereocenters. The van der Waals surface area contributed by atoms with Crippen LogP contribution in [-0.2, 0) is 14.3 Å². The first-order valence-corrected chi connectivity index (χ1v) is 24.7. The van der Waals surface area contributed by atoms with Crippen molar-refractivity contribution < 1.29 is 23.8 Å². The van der Waals surface area contributed by atoms with Gasteiger partial charge >= 0.3 is 11.9 Å². The molecule has 0 radical (unpaired) electrons. The predicted molar refractivity (Wildman–Crippen MR) is 303 cm³/mol. The van der Waals surface area contributed by atoms with E-state index < -0.39 is 18.5 Å². The molecule has 0 amide bonds. The molecule has 0 heterocycles. The number of hydrogen-bond acceptors (Lipinski definition) is 7. The fourth-order valence-electron chi connectivity index (χ4n) is 8.73. The third-order valence-electron chi connectivity index (χ3n) is 12.8. The van der Waals surface area contributed by atoms with Gasteiger partial charge in [-0.15, -0.1) is 0 Å². The van der Waals surface area contributed by atoms with Gasteiger partial charge < -0.3 is 24.0 Å². The topological polar surface area (TPSA) is 68.3 Å². The van der Waals surface area contributed by atoms with Gasteiger partial charge in [-0.25, -0.2) is 4.79 Å². The van der Waals surface area contributed by atoms with Crippen LogP contribution in [0.25, 0.3) is 23.3 Å². The second kappa shape index (κ2) is 22.9. The first kappa shape index (κ1) is 49.8. The van der Waals surface area contributed by atoms with Gasteiger partial charge in [0.25, 0.3) is 0 Å². The molecule has 7 heteroatoms. The molecule has 0 N–H and O–H groups in total. The summed E-state index contributed by atoms with van der Waals surface area (Å²) in [4.78, 5) is 28.3. The molecule has 0 bridgehead atoms. The number of ether oxygens (including phenoxy) is 3. The van der Waals surface area contributed by atoms with Crippen LogP contribution >= 0.6 is 0 Å². The average molecular weight is 971 g/mol. The molecule has 74 heavy (non-hydrogen) atoms. The number of rotatable bonds is 16. The third-order valence-corrected chi connectivity index (χ3v) is 12.8. The van der Waals surface area contributed by atoms with E-state index in [0.29, 0.717) is 5.75 Å². The number of nitrogens with zero attached hydrogens (tertiary/aromatic N) is 2. The molecule has 0 aliphatic rings. The molecule has 7 nitrogen and oxygen atoms in total. The van der Waals surface area contributed by atoms with Gasteiger partial charge in [0.1, 0.15) is 11.5 Å². The maximum Gasteiger partial charge on any atom is 0.349 e. The van der Waals surface area contributed by atoms with Crippen molar-refractivity contribution in [2.24, 2.45) is 0 Å². The number of hydrogen-bond donors (Lipinski definition) is 0. The minimum atomic E-state index is -0.659. The van der Waals surface area contributed by atoms with Crippen molar-refractivity contribution in [3.63, 3.8) is 0 Å². The number of benzene rings is 9. The largest absolute Gasteiger partial charge is 0.497 e. The highest BCUT2D eigenvalue weighted by Crippen LogP contribution is 2.38. The summed E-state index contributed by atoms with van der Waals surface area (Å²) in [5, 5.41) is 0. The highest BCUT2D eigenvalue weighted by atomic mass is 16.6. The second-order valence-electron chi connectivity index (χ2n) is 18.4. The Morgan fingerprint density at radius 1 is 0.378 bits per heavy atom. The van der Waals surface area contributed by atoms with Gasteiger partial charge in [-0.05, 0) is 181 Å². The Bertz CT molecular complexity index is 3310. The van der Waals surface area contributed by atoms with Crippen LogP contribution in [0.4, 0.5) is 34.1 Å². The summed E-state index contributed by atoms with van der Waals surface area (Å²) in [6.45, 7) is 9.20. The Kier molecular flexibility index (Phi) is 15.4. The summed E-state index contributed by atoms with van der Waals surface area (Å²) in [6.07, 6.45) is 4.42. The molecule has 9 aromatic carbocycles. The number of methoxy groups -OCH3 is 1. The second-order valence-corrected chi connectivity index (χ2v) is 18.4. The van der Waals surface area contributed by atoms with Crippen LogP contribution < -0.4 is 19.3 Å². The fourth-order valence-corrected chi connectivity index (χ4v) is 8.73. The van der Waals surface area contributed by atoms with E-state index in [-0.39, 0.29) is 0 Å². The van der Waals surface area contributed by atoms with E-state index in [1.165, 1.54) is 29.2 Å². The Balaban J connectivity index is 1.08. The van der Waals surface area contributed by atoms with Gasteiger partial charge in [0.2, 0.25) is 0 Å². The zero-order valence-electron chi connectivity index (χ0n) is 42.6. The van der Waals surface area contributed by atoms with Gasteiger partial charge in [-0.2, -0.15) is 0 Å². The zero-order valence-corrected chi connectivity index (χ0v) is 42.6. The molecule has 0 fully saturated rings. The van der Waals surface area contributed by atoms with Crippen molar-refractivity contribution in [2.45, 2.75) is 34.6 Å². The lowest BCUT2D eigenvalue weighted by atomic mass is 9.91. The lowest BCUT2D eigenvalue weighted by molar-refractivity contribution is -0.152. The quantitative estimate of drug-likeness (QED) is 0.0543. The lowest BCUT2D eigenvalue weighted by Gasteiger charge is -2.26. The summed E-state index contributed by atoms with van der Waals surface area (Å²) in [5.41, 5.74) is 19.3. The molecule has 9 aromatic rings. The molecule has 0 saturated heterocycles. The molecule has 0 unspecified atom stereocenters. The smallest absolute Gasteiger partial charge is 0.349 e. The standard InChI is InChI=1S/C67H58N2O5/c1-46-7-27-57(28-8-46)68(58-29-9-47(2)10-30-58)61-35-15-51(16-36-61)43-65(55-23-39-63(72-6)40-24-55)53-19-21-54(22-20-53)66(56-25-41-64(42-26-56)74-67(71)45-73-50(5)70)44-52-17-37-62(38-18-52)69(59-31-11-48(3)12-32-59)60-33-13-49(4)14-34-60/h7-44H,45H2,1-6H3.